The van der Waals surface area contributed by atoms with Gasteiger partial charge in [-0.25, -0.2) is 4.79 Å². The van der Waals surface area contributed by atoms with Crippen molar-refractivity contribution in [2.75, 3.05) is 27.1 Å². The van der Waals surface area contributed by atoms with E-state index in [1.807, 2.05) is 0 Å². The van der Waals surface area contributed by atoms with Crippen molar-refractivity contribution in [3.05, 3.63) is 27.8 Å². The normalized spacial score (nSPS) is 11.0. The number of nitro benzene ring substituents is 1. The minimum Gasteiger partial charge on any atom is -0.489 e. The molecule has 11 heteroatoms. The zero-order valence-electron chi connectivity index (χ0n) is 17.1. The van der Waals surface area contributed by atoms with Gasteiger partial charge in [-0.1, -0.05) is 19.6 Å². The summed E-state index contributed by atoms with van der Waals surface area (Å²) in [5.74, 6) is -1.86. The number of nitro groups is 1. The number of hydrogen-bond acceptors (Lipinski definition) is 8. The Morgan fingerprint density at radius 3 is 2.34 bits per heavy atom. The van der Waals surface area contributed by atoms with Crippen LogP contribution in [0.1, 0.15) is 23.2 Å². The van der Waals surface area contributed by atoms with E-state index in [4.69, 9.17) is 14.2 Å². The molecule has 1 rings (SSSR count). The molecule has 0 unspecified atom stereocenters. The van der Waals surface area contributed by atoms with E-state index in [0.717, 1.165) is 18.2 Å². The smallest absolute Gasteiger partial charge is 0.342 e. The zero-order valence-corrected chi connectivity index (χ0v) is 18.1. The van der Waals surface area contributed by atoms with Crippen LogP contribution in [0.2, 0.25) is 25.7 Å². The average Bonchev–Trinajstić information content (AvgIpc) is 2.63. The molecular formula is C18H27NO9Si. The van der Waals surface area contributed by atoms with Crippen LogP contribution in [0.5, 0.6) is 11.5 Å². The highest BCUT2D eigenvalue weighted by molar-refractivity contribution is 6.76. The maximum Gasteiger partial charge on any atom is 0.342 e. The van der Waals surface area contributed by atoms with Crippen molar-refractivity contribution >= 4 is 25.7 Å². The molecular weight excluding hydrogens is 402 g/mol. The minimum atomic E-state index is -1.46. The van der Waals surface area contributed by atoms with Gasteiger partial charge in [0.25, 0.3) is 5.69 Å². The first-order valence-corrected chi connectivity index (χ1v) is 12.7. The monoisotopic (exact) mass is 429 g/mol. The van der Waals surface area contributed by atoms with E-state index in [9.17, 15) is 24.8 Å². The largest absolute Gasteiger partial charge is 0.489 e. The van der Waals surface area contributed by atoms with E-state index in [2.05, 4.69) is 24.4 Å². The molecule has 0 aliphatic heterocycles. The molecule has 29 heavy (non-hydrogen) atoms. The van der Waals surface area contributed by atoms with Crippen LogP contribution in [0.25, 0.3) is 0 Å². The van der Waals surface area contributed by atoms with E-state index >= 15 is 0 Å². The highest BCUT2D eigenvalue weighted by Gasteiger charge is 2.25. The molecule has 0 spiro atoms. The van der Waals surface area contributed by atoms with Crippen LogP contribution in [0.4, 0.5) is 5.69 Å². The van der Waals surface area contributed by atoms with Crippen LogP contribution in [0, 0.1) is 10.1 Å². The molecule has 1 N–H and O–H groups in total. The van der Waals surface area contributed by atoms with E-state index < -0.39 is 36.2 Å². The molecule has 0 heterocycles. The van der Waals surface area contributed by atoms with Gasteiger partial charge in [-0.15, -0.1) is 0 Å². The fourth-order valence-electron chi connectivity index (χ4n) is 2.14. The van der Waals surface area contributed by atoms with Gasteiger partial charge < -0.3 is 24.1 Å². The lowest BCUT2D eigenvalue weighted by atomic mass is 10.1. The molecule has 0 radical (unpaired) electrons. The number of carboxylic acids is 1. The topological polar surface area (TPSA) is 134 Å². The SMILES string of the molecule is COC(=O)CCCOc1cc([N+](=O)[O-])c(C(=O)O)cc1OCOCC[Si](C)(C)C. The molecule has 0 aromatic heterocycles. The molecule has 0 atom stereocenters. The number of carbonyl (C=O) groups is 2. The quantitative estimate of drug-likeness (QED) is 0.125. The van der Waals surface area contributed by atoms with Crippen LogP contribution in [-0.4, -0.2) is 57.2 Å². The van der Waals surface area contributed by atoms with Crippen molar-refractivity contribution in [3.8, 4) is 11.5 Å². The molecule has 0 aliphatic rings. The second-order valence-corrected chi connectivity index (χ2v) is 13.0. The molecule has 1 aromatic rings. The van der Waals surface area contributed by atoms with E-state index in [-0.39, 0.29) is 31.3 Å². The minimum absolute atomic E-state index is 0.000335. The summed E-state index contributed by atoms with van der Waals surface area (Å²) in [6.07, 6.45) is 0.426. The molecule has 0 saturated carbocycles. The highest BCUT2D eigenvalue weighted by Crippen LogP contribution is 2.35. The van der Waals surface area contributed by atoms with Crippen molar-refractivity contribution < 1.29 is 38.6 Å². The number of esters is 1. The Kier molecular flexibility index (Phi) is 9.55. The van der Waals surface area contributed by atoms with Crippen molar-refractivity contribution in [1.29, 1.82) is 0 Å². The fourth-order valence-corrected chi connectivity index (χ4v) is 2.90. The van der Waals surface area contributed by atoms with E-state index in [0.29, 0.717) is 13.0 Å². The number of aromatic carboxylic acids is 1. The summed E-state index contributed by atoms with van der Waals surface area (Å²) < 4.78 is 20.9. The number of benzene rings is 1. The summed E-state index contributed by atoms with van der Waals surface area (Å²) in [5, 5.41) is 20.5. The maximum absolute atomic E-state index is 11.4. The fraction of sp³-hybridized carbons (Fsp3) is 0.556. The Labute approximate surface area is 169 Å². The third-order valence-corrected chi connectivity index (χ3v) is 5.50. The highest BCUT2D eigenvalue weighted by atomic mass is 28.3. The van der Waals surface area contributed by atoms with Crippen LogP contribution in [-0.2, 0) is 14.3 Å². The number of carboxylic acid groups (broad SMARTS) is 1. The Bertz CT molecular complexity index is 731. The molecule has 0 amide bonds. The van der Waals surface area contributed by atoms with Crippen molar-refractivity contribution in [2.45, 2.75) is 38.5 Å². The predicted octanol–water partition coefficient (Wildman–Crippen LogP) is 3.32. The number of nitrogens with zero attached hydrogens (tertiary/aromatic N) is 1. The maximum atomic E-state index is 11.4. The van der Waals surface area contributed by atoms with Crippen molar-refractivity contribution in [1.82, 2.24) is 0 Å². The second-order valence-electron chi connectivity index (χ2n) is 7.39. The van der Waals surface area contributed by atoms with Crippen LogP contribution >= 0.6 is 0 Å². The first-order valence-electron chi connectivity index (χ1n) is 9.01. The van der Waals surface area contributed by atoms with E-state index in [1.54, 1.807) is 0 Å². The molecule has 162 valence electrons. The number of ether oxygens (including phenoxy) is 4. The van der Waals surface area contributed by atoms with Gasteiger partial charge in [0.05, 0.1) is 24.7 Å². The first-order chi connectivity index (χ1) is 13.5. The Morgan fingerprint density at radius 1 is 1.14 bits per heavy atom. The number of rotatable bonds is 13. The molecule has 0 fully saturated rings. The Hall–Kier alpha value is -2.66. The van der Waals surface area contributed by atoms with Crippen LogP contribution < -0.4 is 9.47 Å². The third kappa shape index (κ3) is 8.92. The Morgan fingerprint density at radius 2 is 1.79 bits per heavy atom. The van der Waals surface area contributed by atoms with Gasteiger partial charge >= 0.3 is 11.9 Å². The first kappa shape index (κ1) is 24.4. The van der Waals surface area contributed by atoms with Gasteiger partial charge in [-0.2, -0.15) is 0 Å². The summed E-state index contributed by atoms with van der Waals surface area (Å²) >= 11 is 0. The van der Waals surface area contributed by atoms with Gasteiger partial charge in [-0.3, -0.25) is 14.9 Å². The lowest BCUT2D eigenvalue weighted by Crippen LogP contribution is -2.22. The van der Waals surface area contributed by atoms with Crippen molar-refractivity contribution in [2.24, 2.45) is 0 Å². The third-order valence-electron chi connectivity index (χ3n) is 3.79. The molecule has 0 bridgehead atoms. The lowest BCUT2D eigenvalue weighted by molar-refractivity contribution is -0.385. The van der Waals surface area contributed by atoms with Gasteiger partial charge in [0.2, 0.25) is 0 Å². The van der Waals surface area contributed by atoms with Gasteiger partial charge in [0, 0.05) is 27.2 Å². The van der Waals surface area contributed by atoms with Crippen LogP contribution in [0.3, 0.4) is 0 Å². The van der Waals surface area contributed by atoms with Crippen LogP contribution in [0.15, 0.2) is 12.1 Å². The second kappa shape index (κ2) is 11.4. The molecule has 1 aromatic carbocycles. The summed E-state index contributed by atoms with van der Waals surface area (Å²) in [5.41, 5.74) is -1.14. The Balaban J connectivity index is 2.90. The lowest BCUT2D eigenvalue weighted by Gasteiger charge is -2.16. The molecule has 0 aliphatic carbocycles. The summed E-state index contributed by atoms with van der Waals surface area (Å²) in [6.45, 7) is 7.00. The number of methoxy groups -OCH3 is 1. The molecule has 0 saturated heterocycles. The standard InChI is InChI=1S/C18H27NO9Si/c1-25-17(20)6-5-7-27-16-11-14(19(23)24)13(18(21)22)10-15(16)28-12-26-8-9-29(2,3)4/h10-11H,5-9,12H2,1-4H3,(H,21,22). The van der Waals surface area contributed by atoms with E-state index in [1.165, 1.54) is 7.11 Å². The van der Waals surface area contributed by atoms with Crippen molar-refractivity contribution in [3.63, 3.8) is 0 Å². The van der Waals surface area contributed by atoms with Gasteiger partial charge in [-0.05, 0) is 12.5 Å². The summed E-state index contributed by atoms with van der Waals surface area (Å²) in [7, 11) is -0.00231. The van der Waals surface area contributed by atoms with Gasteiger partial charge in [0.1, 0.15) is 5.56 Å². The summed E-state index contributed by atoms with van der Waals surface area (Å²) in [4.78, 5) is 32.9. The molecule has 10 nitrogen and oxygen atoms in total. The van der Waals surface area contributed by atoms with Gasteiger partial charge in [0.15, 0.2) is 18.3 Å². The number of carbonyl (C=O) groups excluding carboxylic acids is 1. The zero-order chi connectivity index (χ0) is 22.0. The summed E-state index contributed by atoms with van der Waals surface area (Å²) in [6, 6.07) is 2.96. The number of hydrogen-bond donors (Lipinski definition) is 1. The predicted molar refractivity (Wildman–Crippen MR) is 106 cm³/mol. The average molecular weight is 429 g/mol.